The van der Waals surface area contributed by atoms with Crippen LogP contribution in [0.15, 0.2) is 29.2 Å². The fraction of sp³-hybridized carbons (Fsp3) is 0.462. The number of hydrogen-bond acceptors (Lipinski definition) is 3. The second-order valence-electron chi connectivity index (χ2n) is 3.80. The van der Waals surface area contributed by atoms with Crippen molar-refractivity contribution in [3.8, 4) is 0 Å². The first-order valence-corrected chi connectivity index (χ1v) is 7.47. The molecule has 0 saturated carbocycles. The molecule has 0 fully saturated rings. The van der Waals surface area contributed by atoms with Gasteiger partial charge < -0.3 is 10.1 Å². The topological polar surface area (TPSA) is 38.3 Å². The summed E-state index contributed by atoms with van der Waals surface area (Å²) in [6.45, 7) is 0.472. The van der Waals surface area contributed by atoms with Gasteiger partial charge in [0, 0.05) is 17.9 Å². The Kier molecular flexibility index (Phi) is 7.16. The smallest absolute Gasteiger partial charge is 0.252 e. The van der Waals surface area contributed by atoms with Crippen LogP contribution in [0.4, 0.5) is 0 Å². The Bertz CT molecular complexity index is 381. The largest absolute Gasteiger partial charge is 0.383 e. The summed E-state index contributed by atoms with van der Waals surface area (Å²) in [5.41, 5.74) is 0.695. The van der Waals surface area contributed by atoms with Gasteiger partial charge in [0.2, 0.25) is 0 Å². The Morgan fingerprint density at radius 3 is 2.83 bits per heavy atom. The summed E-state index contributed by atoms with van der Waals surface area (Å²) in [7, 11) is 1.61. The molecular weight excluding hydrogens is 270 g/mol. The molecule has 0 aliphatic carbocycles. The molecule has 0 spiro atoms. The molecule has 0 radical (unpaired) electrons. The van der Waals surface area contributed by atoms with Gasteiger partial charge in [-0.2, -0.15) is 0 Å². The molecule has 1 amide bonds. The Hall–Kier alpha value is -0.710. The Labute approximate surface area is 117 Å². The molecule has 18 heavy (non-hydrogen) atoms. The fourth-order valence-corrected chi connectivity index (χ4v) is 2.48. The van der Waals surface area contributed by atoms with Gasteiger partial charge in [0.1, 0.15) is 0 Å². The van der Waals surface area contributed by atoms with Crippen molar-refractivity contribution >= 4 is 29.3 Å². The van der Waals surface area contributed by atoms with Crippen LogP contribution in [0.25, 0.3) is 0 Å². The standard InChI is InChI=1S/C13H18ClNO2S/c1-17-9-10(7-8-14)15-13(16)11-5-3-4-6-12(11)18-2/h3-6,10H,7-9H2,1-2H3,(H,15,16). The highest BCUT2D eigenvalue weighted by molar-refractivity contribution is 7.98. The highest BCUT2D eigenvalue weighted by Gasteiger charge is 2.15. The van der Waals surface area contributed by atoms with Crippen LogP contribution in [-0.2, 0) is 4.74 Å². The average Bonchev–Trinajstić information content (AvgIpc) is 2.39. The third kappa shape index (κ3) is 4.52. The molecule has 0 saturated heterocycles. The highest BCUT2D eigenvalue weighted by atomic mass is 35.5. The van der Waals surface area contributed by atoms with E-state index in [1.54, 1.807) is 18.9 Å². The number of alkyl halides is 1. The van der Waals surface area contributed by atoms with Crippen molar-refractivity contribution in [1.29, 1.82) is 0 Å². The molecule has 5 heteroatoms. The number of carbonyl (C=O) groups is 1. The maximum absolute atomic E-state index is 12.2. The zero-order valence-corrected chi connectivity index (χ0v) is 12.2. The summed E-state index contributed by atoms with van der Waals surface area (Å²) in [6, 6.07) is 7.50. The van der Waals surface area contributed by atoms with Crippen LogP contribution >= 0.6 is 23.4 Å². The van der Waals surface area contributed by atoms with Crippen molar-refractivity contribution in [1.82, 2.24) is 5.32 Å². The molecule has 0 bridgehead atoms. The zero-order valence-electron chi connectivity index (χ0n) is 10.6. The average molecular weight is 288 g/mol. The summed E-state index contributed by atoms with van der Waals surface area (Å²) in [6.07, 6.45) is 2.65. The molecule has 1 N–H and O–H groups in total. The molecule has 1 rings (SSSR count). The maximum Gasteiger partial charge on any atom is 0.252 e. The van der Waals surface area contributed by atoms with Crippen molar-refractivity contribution in [2.75, 3.05) is 25.9 Å². The van der Waals surface area contributed by atoms with Gasteiger partial charge in [-0.1, -0.05) is 12.1 Å². The van der Waals surface area contributed by atoms with E-state index in [9.17, 15) is 4.79 Å². The molecule has 1 atom stereocenters. The molecule has 3 nitrogen and oxygen atoms in total. The van der Waals surface area contributed by atoms with Crippen LogP contribution in [0, 0.1) is 0 Å². The lowest BCUT2D eigenvalue weighted by Gasteiger charge is -2.17. The van der Waals surface area contributed by atoms with Crippen LogP contribution in [0.1, 0.15) is 16.8 Å². The Balaban J connectivity index is 2.73. The number of benzene rings is 1. The fourth-order valence-electron chi connectivity index (χ4n) is 1.63. The van der Waals surface area contributed by atoms with Crippen molar-refractivity contribution < 1.29 is 9.53 Å². The number of carbonyl (C=O) groups excluding carboxylic acids is 1. The highest BCUT2D eigenvalue weighted by Crippen LogP contribution is 2.19. The Morgan fingerprint density at radius 1 is 1.50 bits per heavy atom. The molecule has 1 unspecified atom stereocenters. The minimum atomic E-state index is -0.0767. The minimum absolute atomic E-state index is 0.0464. The van der Waals surface area contributed by atoms with Gasteiger partial charge in [0.25, 0.3) is 5.91 Å². The maximum atomic E-state index is 12.2. The minimum Gasteiger partial charge on any atom is -0.383 e. The summed E-state index contributed by atoms with van der Waals surface area (Å²) in [5.74, 6) is 0.422. The number of amides is 1. The third-order valence-electron chi connectivity index (χ3n) is 2.51. The van der Waals surface area contributed by atoms with Crippen molar-refractivity contribution in [2.45, 2.75) is 17.4 Å². The number of nitrogens with one attached hydrogen (secondary N) is 1. The van der Waals surface area contributed by atoms with Crippen LogP contribution < -0.4 is 5.32 Å². The molecule has 100 valence electrons. The molecular formula is C13H18ClNO2S. The summed E-state index contributed by atoms with van der Waals surface area (Å²) in [5, 5.41) is 2.95. The number of halogens is 1. The van der Waals surface area contributed by atoms with Gasteiger partial charge in [-0.05, 0) is 24.8 Å². The van der Waals surface area contributed by atoms with Gasteiger partial charge in [0.05, 0.1) is 18.2 Å². The van der Waals surface area contributed by atoms with E-state index in [-0.39, 0.29) is 11.9 Å². The van der Waals surface area contributed by atoms with Crippen LogP contribution in [0.5, 0.6) is 0 Å². The first-order valence-electron chi connectivity index (χ1n) is 5.71. The SMILES string of the molecule is COCC(CCCl)NC(=O)c1ccccc1SC. The van der Waals surface area contributed by atoms with Crippen LogP contribution in [0.2, 0.25) is 0 Å². The lowest BCUT2D eigenvalue weighted by Crippen LogP contribution is -2.38. The van der Waals surface area contributed by atoms with Gasteiger partial charge in [-0.15, -0.1) is 23.4 Å². The van der Waals surface area contributed by atoms with Crippen LogP contribution in [0.3, 0.4) is 0 Å². The lowest BCUT2D eigenvalue weighted by molar-refractivity contribution is 0.0892. The van der Waals surface area contributed by atoms with Crippen LogP contribution in [-0.4, -0.2) is 37.8 Å². The van der Waals surface area contributed by atoms with E-state index in [4.69, 9.17) is 16.3 Å². The van der Waals surface area contributed by atoms with Gasteiger partial charge >= 0.3 is 0 Å². The van der Waals surface area contributed by atoms with Gasteiger partial charge in [-0.3, -0.25) is 4.79 Å². The first kappa shape index (κ1) is 15.3. The van der Waals surface area contributed by atoms with Crippen molar-refractivity contribution in [3.05, 3.63) is 29.8 Å². The first-order chi connectivity index (χ1) is 8.72. The number of rotatable bonds is 7. The molecule has 0 heterocycles. The monoisotopic (exact) mass is 287 g/mol. The summed E-state index contributed by atoms with van der Waals surface area (Å²) >= 11 is 7.27. The number of hydrogen-bond donors (Lipinski definition) is 1. The summed E-state index contributed by atoms with van der Waals surface area (Å²) in [4.78, 5) is 13.1. The molecule has 0 aliphatic heterocycles. The summed E-state index contributed by atoms with van der Waals surface area (Å²) < 4.78 is 5.07. The van der Waals surface area contributed by atoms with E-state index in [0.717, 1.165) is 4.90 Å². The number of methoxy groups -OCH3 is 1. The van der Waals surface area contributed by atoms with E-state index in [1.807, 2.05) is 30.5 Å². The van der Waals surface area contributed by atoms with Crippen molar-refractivity contribution in [3.63, 3.8) is 0 Å². The second kappa shape index (κ2) is 8.40. The van der Waals surface area contributed by atoms with Crippen molar-refractivity contribution in [2.24, 2.45) is 0 Å². The second-order valence-corrected chi connectivity index (χ2v) is 5.03. The van der Waals surface area contributed by atoms with E-state index >= 15 is 0 Å². The molecule has 0 aliphatic rings. The van der Waals surface area contributed by atoms with E-state index < -0.39 is 0 Å². The number of thioether (sulfide) groups is 1. The lowest BCUT2D eigenvalue weighted by atomic mass is 10.1. The van der Waals surface area contributed by atoms with E-state index in [0.29, 0.717) is 24.5 Å². The third-order valence-corrected chi connectivity index (χ3v) is 3.53. The van der Waals surface area contributed by atoms with E-state index in [2.05, 4.69) is 5.32 Å². The van der Waals surface area contributed by atoms with Gasteiger partial charge in [-0.25, -0.2) is 0 Å². The molecule has 1 aromatic carbocycles. The predicted octanol–water partition coefficient (Wildman–Crippen LogP) is 2.78. The Morgan fingerprint density at radius 2 is 2.22 bits per heavy atom. The van der Waals surface area contributed by atoms with E-state index in [1.165, 1.54) is 0 Å². The van der Waals surface area contributed by atoms with Gasteiger partial charge in [0.15, 0.2) is 0 Å². The predicted molar refractivity (Wildman–Crippen MR) is 76.7 cm³/mol. The quantitative estimate of drug-likeness (QED) is 0.619. The molecule has 0 aromatic heterocycles. The zero-order chi connectivity index (χ0) is 13.4. The molecule has 1 aromatic rings. The normalized spacial score (nSPS) is 12.2. The number of ether oxygens (including phenoxy) is 1.